The van der Waals surface area contributed by atoms with Crippen LogP contribution in [0.3, 0.4) is 0 Å². The summed E-state index contributed by atoms with van der Waals surface area (Å²) in [6, 6.07) is 4.67. The van der Waals surface area contributed by atoms with Gasteiger partial charge in [-0.25, -0.2) is 13.1 Å². The van der Waals surface area contributed by atoms with Crippen molar-refractivity contribution >= 4 is 10.0 Å². The average Bonchev–Trinajstić information content (AvgIpc) is 2.33. The highest BCUT2D eigenvalue weighted by Gasteiger charge is 2.15. The molecule has 0 radical (unpaired) electrons. The fraction of sp³-hybridized carbons (Fsp3) is 0.571. The van der Waals surface area contributed by atoms with Crippen molar-refractivity contribution in [3.8, 4) is 5.75 Å². The number of rotatable bonds is 6. The van der Waals surface area contributed by atoms with Crippen LogP contribution in [0.25, 0.3) is 0 Å². The zero-order valence-electron chi connectivity index (χ0n) is 12.8. The molecule has 4 N–H and O–H groups in total. The SMILES string of the molecule is CC(C)(C)NCC(O)c1ccc(O)c(CNS(C)(=O)=O)c1. The van der Waals surface area contributed by atoms with Crippen LogP contribution >= 0.6 is 0 Å². The zero-order chi connectivity index (χ0) is 16.3. The zero-order valence-corrected chi connectivity index (χ0v) is 13.7. The topological polar surface area (TPSA) is 98.7 Å². The Labute approximate surface area is 126 Å². The van der Waals surface area contributed by atoms with Crippen LogP contribution in [0, 0.1) is 0 Å². The smallest absolute Gasteiger partial charge is 0.209 e. The monoisotopic (exact) mass is 316 g/mol. The minimum atomic E-state index is -3.34. The first-order valence-corrected chi connectivity index (χ1v) is 8.56. The summed E-state index contributed by atoms with van der Waals surface area (Å²) in [6.07, 6.45) is 0.317. The van der Waals surface area contributed by atoms with Gasteiger partial charge in [0.1, 0.15) is 5.75 Å². The van der Waals surface area contributed by atoms with Gasteiger partial charge in [0.15, 0.2) is 0 Å². The highest BCUT2D eigenvalue weighted by Crippen LogP contribution is 2.22. The van der Waals surface area contributed by atoms with Crippen LogP contribution in [0.5, 0.6) is 5.75 Å². The van der Waals surface area contributed by atoms with Crippen molar-refractivity contribution in [1.82, 2.24) is 10.0 Å². The van der Waals surface area contributed by atoms with Crippen LogP contribution in [0.1, 0.15) is 38.0 Å². The van der Waals surface area contributed by atoms with Crippen LogP contribution in [0.15, 0.2) is 18.2 Å². The Balaban J connectivity index is 2.80. The summed E-state index contributed by atoms with van der Waals surface area (Å²) in [5, 5.41) is 23.1. The molecule has 1 unspecified atom stereocenters. The molecule has 0 spiro atoms. The number of benzene rings is 1. The molecule has 1 atom stereocenters. The Hall–Kier alpha value is -1.15. The molecule has 0 saturated carbocycles. The number of hydrogen-bond acceptors (Lipinski definition) is 5. The fourth-order valence-corrected chi connectivity index (χ4v) is 2.10. The molecule has 0 aliphatic rings. The number of β-amino-alcohol motifs (C(OH)–C–C–N with tert-alkyl or cyclic N) is 1. The average molecular weight is 316 g/mol. The molecule has 0 heterocycles. The molecule has 0 aliphatic carbocycles. The molecular formula is C14H24N2O4S. The maximum Gasteiger partial charge on any atom is 0.209 e. The maximum atomic E-state index is 11.1. The minimum Gasteiger partial charge on any atom is -0.508 e. The third-order valence-electron chi connectivity index (χ3n) is 2.84. The van der Waals surface area contributed by atoms with Gasteiger partial charge in [-0.15, -0.1) is 0 Å². The van der Waals surface area contributed by atoms with Crippen molar-refractivity contribution in [1.29, 1.82) is 0 Å². The van der Waals surface area contributed by atoms with Crippen molar-refractivity contribution in [2.45, 2.75) is 39.0 Å². The molecule has 0 fully saturated rings. The summed E-state index contributed by atoms with van der Waals surface area (Å²) < 4.78 is 24.5. The number of aliphatic hydroxyl groups is 1. The lowest BCUT2D eigenvalue weighted by molar-refractivity contribution is 0.163. The lowest BCUT2D eigenvalue weighted by atomic mass is 10.0. The summed E-state index contributed by atoms with van der Waals surface area (Å²) in [5.74, 6) is -0.00844. The van der Waals surface area contributed by atoms with Crippen molar-refractivity contribution in [2.24, 2.45) is 0 Å². The summed E-state index contributed by atoms with van der Waals surface area (Å²) in [6.45, 7) is 6.35. The second-order valence-electron chi connectivity index (χ2n) is 6.13. The first-order chi connectivity index (χ1) is 9.48. The molecule has 7 heteroatoms. The quantitative estimate of drug-likeness (QED) is 0.624. The van der Waals surface area contributed by atoms with E-state index in [4.69, 9.17) is 0 Å². The second kappa shape index (κ2) is 6.74. The molecule has 6 nitrogen and oxygen atoms in total. The van der Waals surface area contributed by atoms with Gasteiger partial charge in [0.25, 0.3) is 0 Å². The second-order valence-corrected chi connectivity index (χ2v) is 7.96. The molecule has 1 aromatic rings. The van der Waals surface area contributed by atoms with Crippen LogP contribution in [0.4, 0.5) is 0 Å². The van der Waals surface area contributed by atoms with E-state index in [1.54, 1.807) is 12.1 Å². The first kappa shape index (κ1) is 17.9. The number of aromatic hydroxyl groups is 1. The number of hydrogen-bond donors (Lipinski definition) is 4. The molecule has 0 bridgehead atoms. The molecule has 21 heavy (non-hydrogen) atoms. The lowest BCUT2D eigenvalue weighted by Crippen LogP contribution is -2.38. The Morgan fingerprint density at radius 3 is 2.43 bits per heavy atom. The molecule has 1 rings (SSSR count). The van der Waals surface area contributed by atoms with Gasteiger partial charge in [0, 0.05) is 24.2 Å². The van der Waals surface area contributed by atoms with Gasteiger partial charge in [0.2, 0.25) is 10.0 Å². The molecule has 0 saturated heterocycles. The third-order valence-corrected chi connectivity index (χ3v) is 3.51. The summed E-state index contributed by atoms with van der Waals surface area (Å²) in [5.41, 5.74) is 0.932. The van der Waals surface area contributed by atoms with E-state index < -0.39 is 16.1 Å². The van der Waals surface area contributed by atoms with E-state index in [9.17, 15) is 18.6 Å². The van der Waals surface area contributed by atoms with E-state index >= 15 is 0 Å². The van der Waals surface area contributed by atoms with Gasteiger partial charge in [-0.3, -0.25) is 0 Å². The van der Waals surface area contributed by atoms with Gasteiger partial charge >= 0.3 is 0 Å². The summed E-state index contributed by atoms with van der Waals surface area (Å²) in [4.78, 5) is 0. The fourth-order valence-electron chi connectivity index (χ4n) is 1.68. The largest absolute Gasteiger partial charge is 0.508 e. The molecular weight excluding hydrogens is 292 g/mol. The Morgan fingerprint density at radius 1 is 1.29 bits per heavy atom. The van der Waals surface area contributed by atoms with E-state index in [-0.39, 0.29) is 17.8 Å². The van der Waals surface area contributed by atoms with Gasteiger partial charge in [-0.1, -0.05) is 6.07 Å². The van der Waals surface area contributed by atoms with Crippen molar-refractivity contribution in [3.63, 3.8) is 0 Å². The van der Waals surface area contributed by atoms with Gasteiger partial charge in [-0.2, -0.15) is 0 Å². The highest BCUT2D eigenvalue weighted by molar-refractivity contribution is 7.88. The molecule has 0 aromatic heterocycles. The maximum absolute atomic E-state index is 11.1. The molecule has 120 valence electrons. The van der Waals surface area contributed by atoms with Gasteiger partial charge < -0.3 is 15.5 Å². The van der Waals surface area contributed by atoms with Gasteiger partial charge in [0.05, 0.1) is 12.4 Å². The van der Waals surface area contributed by atoms with E-state index in [1.165, 1.54) is 6.07 Å². The Kier molecular flexibility index (Phi) is 5.75. The van der Waals surface area contributed by atoms with Crippen LogP contribution in [-0.2, 0) is 16.6 Å². The first-order valence-electron chi connectivity index (χ1n) is 6.67. The van der Waals surface area contributed by atoms with Gasteiger partial charge in [-0.05, 0) is 38.5 Å². The predicted molar refractivity (Wildman–Crippen MR) is 82.5 cm³/mol. The minimum absolute atomic E-state index is 0.00844. The standard InChI is InChI=1S/C14H24N2O4S/c1-14(2,3)15-9-13(18)10-5-6-12(17)11(7-10)8-16-21(4,19)20/h5-7,13,15-18H,8-9H2,1-4H3. The van der Waals surface area contributed by atoms with Crippen LogP contribution in [0.2, 0.25) is 0 Å². The molecule has 1 aromatic carbocycles. The van der Waals surface area contributed by atoms with Crippen molar-refractivity contribution in [3.05, 3.63) is 29.3 Å². The number of aliphatic hydroxyl groups excluding tert-OH is 1. The normalized spacial score (nSPS) is 14.1. The van der Waals surface area contributed by atoms with E-state index in [0.29, 0.717) is 17.7 Å². The van der Waals surface area contributed by atoms with Crippen molar-refractivity contribution in [2.75, 3.05) is 12.8 Å². The lowest BCUT2D eigenvalue weighted by Gasteiger charge is -2.23. The van der Waals surface area contributed by atoms with E-state index in [2.05, 4.69) is 10.0 Å². The number of phenolic OH excluding ortho intramolecular Hbond substituents is 1. The Bertz CT molecular complexity index is 579. The molecule has 0 aliphatic heterocycles. The number of phenols is 1. The predicted octanol–water partition coefficient (Wildman–Crippen LogP) is 0.863. The van der Waals surface area contributed by atoms with E-state index in [1.807, 2.05) is 20.8 Å². The van der Waals surface area contributed by atoms with Crippen molar-refractivity contribution < 1.29 is 18.6 Å². The third kappa shape index (κ3) is 6.90. The Morgan fingerprint density at radius 2 is 1.90 bits per heavy atom. The summed E-state index contributed by atoms with van der Waals surface area (Å²) in [7, 11) is -3.34. The molecule has 0 amide bonds. The number of sulfonamides is 1. The van der Waals surface area contributed by atoms with Crippen LogP contribution in [-0.4, -0.2) is 37.0 Å². The van der Waals surface area contributed by atoms with Crippen LogP contribution < -0.4 is 10.0 Å². The number of nitrogens with one attached hydrogen (secondary N) is 2. The van der Waals surface area contributed by atoms with E-state index in [0.717, 1.165) is 6.26 Å². The summed E-state index contributed by atoms with van der Waals surface area (Å²) >= 11 is 0. The highest BCUT2D eigenvalue weighted by atomic mass is 32.2.